The van der Waals surface area contributed by atoms with Gasteiger partial charge in [-0.15, -0.1) is 22.9 Å². The number of nitrogens with zero attached hydrogens (tertiary/aromatic N) is 4. The van der Waals surface area contributed by atoms with Gasteiger partial charge in [0.2, 0.25) is 0 Å². The van der Waals surface area contributed by atoms with E-state index in [2.05, 4.69) is 19.5 Å². The van der Waals surface area contributed by atoms with Gasteiger partial charge in [-0.05, 0) is 25.5 Å². The molecule has 4 nitrogen and oxygen atoms in total. The number of pyridine rings is 1. The van der Waals surface area contributed by atoms with Crippen molar-refractivity contribution in [1.82, 2.24) is 19.5 Å². The lowest BCUT2D eigenvalue weighted by Gasteiger charge is -2.08. The summed E-state index contributed by atoms with van der Waals surface area (Å²) < 4.78 is 2.07. The number of alkyl halides is 1. The predicted molar refractivity (Wildman–Crippen MR) is 77.7 cm³/mol. The van der Waals surface area contributed by atoms with Crippen LogP contribution in [-0.2, 0) is 6.54 Å². The summed E-state index contributed by atoms with van der Waals surface area (Å²) in [5, 5.41) is -0.151. The van der Waals surface area contributed by atoms with E-state index in [1.165, 1.54) is 4.88 Å². The molecule has 1 atom stereocenters. The van der Waals surface area contributed by atoms with Crippen LogP contribution in [-0.4, -0.2) is 19.5 Å². The number of rotatable bonds is 3. The molecule has 0 saturated heterocycles. The van der Waals surface area contributed by atoms with Crippen LogP contribution in [0.15, 0.2) is 24.0 Å². The molecule has 0 radical (unpaired) electrons. The average molecular weight is 293 g/mol. The number of imidazole rings is 1. The third-order valence-electron chi connectivity index (χ3n) is 2.90. The molecule has 0 saturated carbocycles. The van der Waals surface area contributed by atoms with Gasteiger partial charge in [0.05, 0.1) is 17.4 Å². The first-order chi connectivity index (χ1) is 9.15. The van der Waals surface area contributed by atoms with Crippen LogP contribution in [0.25, 0.3) is 11.2 Å². The van der Waals surface area contributed by atoms with E-state index < -0.39 is 0 Å². The van der Waals surface area contributed by atoms with Crippen LogP contribution in [0.2, 0.25) is 0 Å². The maximum Gasteiger partial charge on any atom is 0.160 e. The molecule has 0 aliphatic rings. The van der Waals surface area contributed by atoms with E-state index in [4.69, 9.17) is 11.6 Å². The third kappa shape index (κ3) is 2.35. The molecular formula is C13H13ClN4S. The van der Waals surface area contributed by atoms with Crippen LogP contribution >= 0.6 is 22.9 Å². The van der Waals surface area contributed by atoms with E-state index in [0.717, 1.165) is 22.6 Å². The highest BCUT2D eigenvalue weighted by Crippen LogP contribution is 2.25. The Morgan fingerprint density at radius 2 is 2.26 bits per heavy atom. The molecule has 0 aromatic carbocycles. The molecule has 0 N–H and O–H groups in total. The molecule has 98 valence electrons. The monoisotopic (exact) mass is 292 g/mol. The second-order valence-corrected chi connectivity index (χ2v) is 6.12. The zero-order chi connectivity index (χ0) is 13.4. The fourth-order valence-corrected chi connectivity index (χ4v) is 2.81. The van der Waals surface area contributed by atoms with Gasteiger partial charge in [-0.1, -0.05) is 0 Å². The molecule has 0 bridgehead atoms. The van der Waals surface area contributed by atoms with Gasteiger partial charge in [0.15, 0.2) is 5.65 Å². The molecule has 0 aliphatic heterocycles. The molecule has 3 rings (SSSR count). The smallest absolute Gasteiger partial charge is 0.160 e. The number of aryl methyl sites for hydroxylation is 1. The first kappa shape index (κ1) is 12.6. The van der Waals surface area contributed by atoms with Gasteiger partial charge in [0, 0.05) is 17.3 Å². The van der Waals surface area contributed by atoms with Crippen molar-refractivity contribution in [2.45, 2.75) is 25.8 Å². The fourth-order valence-electron chi connectivity index (χ4n) is 2.06. The van der Waals surface area contributed by atoms with Gasteiger partial charge < -0.3 is 4.57 Å². The van der Waals surface area contributed by atoms with Gasteiger partial charge in [-0.25, -0.2) is 9.97 Å². The lowest BCUT2D eigenvalue weighted by molar-refractivity contribution is 0.743. The molecular weight excluding hydrogens is 280 g/mol. The van der Waals surface area contributed by atoms with E-state index in [0.29, 0.717) is 6.54 Å². The Bertz CT molecular complexity index is 703. The van der Waals surface area contributed by atoms with Gasteiger partial charge in [-0.2, -0.15) is 0 Å². The molecule has 19 heavy (non-hydrogen) atoms. The van der Waals surface area contributed by atoms with Crippen LogP contribution in [0.1, 0.15) is 28.6 Å². The summed E-state index contributed by atoms with van der Waals surface area (Å²) in [6.07, 6.45) is 3.73. The van der Waals surface area contributed by atoms with E-state index in [1.54, 1.807) is 11.3 Å². The molecule has 0 amide bonds. The van der Waals surface area contributed by atoms with E-state index in [1.807, 2.05) is 37.8 Å². The predicted octanol–water partition coefficient (Wildman–Crippen LogP) is 3.54. The lowest BCUT2D eigenvalue weighted by Crippen LogP contribution is -2.05. The topological polar surface area (TPSA) is 43.6 Å². The van der Waals surface area contributed by atoms with Crippen LogP contribution < -0.4 is 0 Å². The summed E-state index contributed by atoms with van der Waals surface area (Å²) in [6.45, 7) is 4.65. The zero-order valence-corrected chi connectivity index (χ0v) is 12.2. The number of aromatic nitrogens is 4. The Kier molecular flexibility index (Phi) is 3.24. The Morgan fingerprint density at radius 1 is 1.42 bits per heavy atom. The van der Waals surface area contributed by atoms with Crippen LogP contribution in [0.5, 0.6) is 0 Å². The van der Waals surface area contributed by atoms with Crippen molar-refractivity contribution in [1.29, 1.82) is 0 Å². The second-order valence-electron chi connectivity index (χ2n) is 4.50. The molecule has 0 spiro atoms. The first-order valence-electron chi connectivity index (χ1n) is 5.99. The Balaban J connectivity index is 2.16. The minimum atomic E-state index is -0.151. The van der Waals surface area contributed by atoms with Crippen molar-refractivity contribution in [3.8, 4) is 0 Å². The Hall–Kier alpha value is -1.46. The fraction of sp³-hybridized carbons (Fsp3) is 0.308. The largest absolute Gasteiger partial charge is 0.306 e. The normalized spacial score (nSPS) is 13.0. The van der Waals surface area contributed by atoms with Crippen molar-refractivity contribution in [3.63, 3.8) is 0 Å². The summed E-state index contributed by atoms with van der Waals surface area (Å²) in [5.74, 6) is 0.850. The van der Waals surface area contributed by atoms with Crippen molar-refractivity contribution >= 4 is 34.1 Å². The lowest BCUT2D eigenvalue weighted by atomic mass is 10.3. The van der Waals surface area contributed by atoms with Gasteiger partial charge >= 0.3 is 0 Å². The summed E-state index contributed by atoms with van der Waals surface area (Å²) in [7, 11) is 0. The Labute approximate surface area is 120 Å². The van der Waals surface area contributed by atoms with Crippen LogP contribution in [0.3, 0.4) is 0 Å². The van der Waals surface area contributed by atoms with Gasteiger partial charge in [0.25, 0.3) is 0 Å². The molecule has 0 fully saturated rings. The quantitative estimate of drug-likeness (QED) is 0.694. The molecule has 3 heterocycles. The Morgan fingerprint density at radius 3 is 2.95 bits per heavy atom. The minimum Gasteiger partial charge on any atom is -0.306 e. The van der Waals surface area contributed by atoms with Crippen molar-refractivity contribution in [2.24, 2.45) is 0 Å². The molecule has 0 aliphatic carbocycles. The summed E-state index contributed by atoms with van der Waals surface area (Å²) in [6, 6.07) is 2.04. The molecule has 1 unspecified atom stereocenters. The van der Waals surface area contributed by atoms with Gasteiger partial charge in [-0.3, -0.25) is 4.98 Å². The number of hydrogen-bond acceptors (Lipinski definition) is 4. The minimum absolute atomic E-state index is 0.151. The van der Waals surface area contributed by atoms with E-state index in [-0.39, 0.29) is 5.38 Å². The van der Waals surface area contributed by atoms with E-state index >= 15 is 0 Å². The van der Waals surface area contributed by atoms with Gasteiger partial charge in [0.1, 0.15) is 11.3 Å². The highest BCUT2D eigenvalue weighted by molar-refractivity contribution is 7.09. The van der Waals surface area contributed by atoms with Crippen LogP contribution in [0.4, 0.5) is 0 Å². The third-order valence-corrected chi connectivity index (χ3v) is 3.86. The number of hydrogen-bond donors (Lipinski definition) is 0. The SMILES string of the molecule is Cc1cnc2c(c1)nc(C(C)Cl)n2Cc1cncs1. The van der Waals surface area contributed by atoms with Crippen molar-refractivity contribution in [3.05, 3.63) is 40.2 Å². The van der Waals surface area contributed by atoms with Crippen LogP contribution in [0, 0.1) is 6.92 Å². The number of fused-ring (bicyclic) bond motifs is 1. The highest BCUT2D eigenvalue weighted by atomic mass is 35.5. The first-order valence-corrected chi connectivity index (χ1v) is 7.31. The summed E-state index contributed by atoms with van der Waals surface area (Å²) >= 11 is 7.86. The molecule has 3 aromatic heterocycles. The molecule has 3 aromatic rings. The maximum absolute atomic E-state index is 6.24. The number of halogens is 1. The maximum atomic E-state index is 6.24. The number of thiazole rings is 1. The second kappa shape index (κ2) is 4.90. The van der Waals surface area contributed by atoms with E-state index in [9.17, 15) is 0 Å². The zero-order valence-electron chi connectivity index (χ0n) is 10.7. The average Bonchev–Trinajstić information content (AvgIpc) is 2.97. The van der Waals surface area contributed by atoms with Crippen molar-refractivity contribution in [2.75, 3.05) is 0 Å². The standard InChI is InChI=1S/C13H13ClN4S/c1-8-3-11-13(16-4-8)18(12(17-11)9(2)14)6-10-5-15-7-19-10/h3-5,7,9H,6H2,1-2H3. The highest BCUT2D eigenvalue weighted by Gasteiger charge is 2.16. The summed E-state index contributed by atoms with van der Waals surface area (Å²) in [4.78, 5) is 14.4. The molecule has 6 heteroatoms. The van der Waals surface area contributed by atoms with Crippen molar-refractivity contribution < 1.29 is 0 Å². The summed E-state index contributed by atoms with van der Waals surface area (Å²) in [5.41, 5.74) is 4.70.